The lowest BCUT2D eigenvalue weighted by Crippen LogP contribution is -2.17. The first kappa shape index (κ1) is 13.4. The van der Waals surface area contributed by atoms with E-state index in [1.54, 1.807) is 0 Å². The molecule has 0 amide bonds. The molecule has 0 fully saturated rings. The van der Waals surface area contributed by atoms with Gasteiger partial charge in [0.1, 0.15) is 6.61 Å². The lowest BCUT2D eigenvalue weighted by atomic mass is 9.96. The Kier molecular flexibility index (Phi) is 3.23. The van der Waals surface area contributed by atoms with Crippen LogP contribution in [0.25, 0.3) is 11.1 Å². The van der Waals surface area contributed by atoms with Crippen molar-refractivity contribution in [3.05, 3.63) is 59.7 Å². The summed E-state index contributed by atoms with van der Waals surface area (Å²) in [7, 11) is 0. The van der Waals surface area contributed by atoms with Crippen molar-refractivity contribution in [1.82, 2.24) is 0 Å². The van der Waals surface area contributed by atoms with Gasteiger partial charge in [-0.25, -0.2) is 4.99 Å². The first-order valence-electron chi connectivity index (χ1n) is 6.92. The van der Waals surface area contributed by atoms with Crippen molar-refractivity contribution in [2.45, 2.75) is 19.4 Å². The first-order valence-corrected chi connectivity index (χ1v) is 6.92. The van der Waals surface area contributed by atoms with Crippen molar-refractivity contribution in [3.63, 3.8) is 0 Å². The summed E-state index contributed by atoms with van der Waals surface area (Å²) in [5.74, 6) is 0.656. The Morgan fingerprint density at radius 3 is 2.24 bits per heavy atom. The molecule has 2 aromatic carbocycles. The summed E-state index contributed by atoms with van der Waals surface area (Å²) in [4.78, 5) is 4.64. The van der Waals surface area contributed by atoms with Gasteiger partial charge in [0.25, 0.3) is 0 Å². The molecule has 3 nitrogen and oxygen atoms in total. The fraction of sp³-hybridized carbons (Fsp3) is 0.222. The molecule has 0 saturated heterocycles. The first-order chi connectivity index (χ1) is 10.1. The molecule has 3 rings (SSSR count). The summed E-state index contributed by atoms with van der Waals surface area (Å²) in [6, 6.07) is 17.8. The lowest BCUT2D eigenvalue weighted by Gasteiger charge is -2.10. The van der Waals surface area contributed by atoms with Crippen molar-refractivity contribution in [2.75, 3.05) is 6.61 Å². The summed E-state index contributed by atoms with van der Waals surface area (Å²) >= 11 is 0. The molecule has 0 spiro atoms. The quantitative estimate of drug-likeness (QED) is 0.838. The number of aliphatic imine (C=N–C) groups is 1. The molecular formula is C18H16N2O. The summed E-state index contributed by atoms with van der Waals surface area (Å²) < 4.78 is 5.76. The maximum atomic E-state index is 9.31. The molecule has 0 radical (unpaired) electrons. The lowest BCUT2D eigenvalue weighted by molar-refractivity contribution is 0.279. The van der Waals surface area contributed by atoms with Crippen LogP contribution in [0.5, 0.6) is 0 Å². The fourth-order valence-electron chi connectivity index (χ4n) is 2.44. The molecule has 0 atom stereocenters. The fourth-order valence-corrected chi connectivity index (χ4v) is 2.44. The maximum absolute atomic E-state index is 9.31. The number of hydrogen-bond donors (Lipinski definition) is 0. The molecule has 1 aliphatic rings. The Morgan fingerprint density at radius 1 is 1.00 bits per heavy atom. The summed E-state index contributed by atoms with van der Waals surface area (Å²) in [5.41, 5.74) is 3.28. The second-order valence-electron chi connectivity index (χ2n) is 5.72. The van der Waals surface area contributed by atoms with Gasteiger partial charge in [0.2, 0.25) is 5.90 Å². The van der Waals surface area contributed by atoms with E-state index in [4.69, 9.17) is 4.74 Å². The van der Waals surface area contributed by atoms with Crippen LogP contribution in [0.15, 0.2) is 53.5 Å². The van der Waals surface area contributed by atoms with E-state index in [0.717, 1.165) is 16.7 Å². The highest BCUT2D eigenvalue weighted by atomic mass is 16.5. The number of ether oxygens (including phenoxy) is 1. The molecular weight excluding hydrogens is 260 g/mol. The third-order valence-electron chi connectivity index (χ3n) is 3.46. The Morgan fingerprint density at radius 2 is 1.62 bits per heavy atom. The van der Waals surface area contributed by atoms with Gasteiger partial charge < -0.3 is 4.74 Å². The van der Waals surface area contributed by atoms with Gasteiger partial charge in [0.05, 0.1) is 17.2 Å². The number of benzene rings is 2. The van der Waals surface area contributed by atoms with Crippen LogP contribution in [0.3, 0.4) is 0 Å². The van der Waals surface area contributed by atoms with Gasteiger partial charge in [-0.3, -0.25) is 0 Å². The average Bonchev–Trinajstić information content (AvgIpc) is 2.87. The maximum Gasteiger partial charge on any atom is 0.217 e. The molecule has 104 valence electrons. The van der Waals surface area contributed by atoms with Crippen molar-refractivity contribution in [1.29, 1.82) is 5.26 Å². The normalized spacial score (nSPS) is 16.0. The molecule has 3 heteroatoms. The van der Waals surface area contributed by atoms with Gasteiger partial charge in [-0.2, -0.15) is 5.26 Å². The molecule has 0 aliphatic carbocycles. The van der Waals surface area contributed by atoms with Gasteiger partial charge in [-0.1, -0.05) is 36.4 Å². The van der Waals surface area contributed by atoms with E-state index in [1.807, 2.05) is 62.4 Å². The number of rotatable bonds is 2. The monoisotopic (exact) mass is 276 g/mol. The molecule has 0 N–H and O–H groups in total. The van der Waals surface area contributed by atoms with Crippen LogP contribution >= 0.6 is 0 Å². The van der Waals surface area contributed by atoms with E-state index in [2.05, 4.69) is 11.1 Å². The largest absolute Gasteiger partial charge is 0.475 e. The highest BCUT2D eigenvalue weighted by Crippen LogP contribution is 2.30. The third-order valence-corrected chi connectivity index (χ3v) is 3.46. The van der Waals surface area contributed by atoms with E-state index in [0.29, 0.717) is 18.1 Å². The van der Waals surface area contributed by atoms with E-state index >= 15 is 0 Å². The van der Waals surface area contributed by atoms with Crippen LogP contribution in [-0.2, 0) is 4.74 Å². The SMILES string of the molecule is CC1(C)COC(c2ccccc2-c2ccccc2C#N)=N1. The minimum absolute atomic E-state index is 0.197. The van der Waals surface area contributed by atoms with Crippen molar-refractivity contribution < 1.29 is 4.74 Å². The Bertz CT molecular complexity index is 754. The molecule has 1 aliphatic heterocycles. The van der Waals surface area contributed by atoms with Crippen LogP contribution in [0, 0.1) is 11.3 Å². The van der Waals surface area contributed by atoms with Gasteiger partial charge in [0, 0.05) is 11.1 Å². The Balaban J connectivity index is 2.16. The summed E-state index contributed by atoms with van der Waals surface area (Å²) in [5, 5.41) is 9.31. The number of nitrogens with zero attached hydrogens (tertiary/aromatic N) is 2. The van der Waals surface area contributed by atoms with E-state index in [1.165, 1.54) is 0 Å². The van der Waals surface area contributed by atoms with Crippen molar-refractivity contribution in [3.8, 4) is 17.2 Å². The summed E-state index contributed by atoms with van der Waals surface area (Å²) in [6.45, 7) is 4.67. The highest BCUT2D eigenvalue weighted by molar-refractivity contribution is 6.02. The zero-order valence-electron chi connectivity index (χ0n) is 12.1. The second-order valence-corrected chi connectivity index (χ2v) is 5.72. The second kappa shape index (κ2) is 5.06. The van der Waals surface area contributed by atoms with E-state index in [-0.39, 0.29) is 5.54 Å². The van der Waals surface area contributed by atoms with Gasteiger partial charge in [0.15, 0.2) is 0 Å². The predicted molar refractivity (Wildman–Crippen MR) is 83.2 cm³/mol. The predicted octanol–water partition coefficient (Wildman–Crippen LogP) is 3.78. The van der Waals surface area contributed by atoms with Crippen molar-refractivity contribution >= 4 is 5.90 Å². The molecule has 0 saturated carbocycles. The Labute approximate surface area is 124 Å². The minimum atomic E-state index is -0.197. The third kappa shape index (κ3) is 2.53. The molecule has 2 aromatic rings. The average molecular weight is 276 g/mol. The van der Waals surface area contributed by atoms with Crippen LogP contribution in [0.2, 0.25) is 0 Å². The highest BCUT2D eigenvalue weighted by Gasteiger charge is 2.28. The zero-order valence-corrected chi connectivity index (χ0v) is 12.1. The number of nitriles is 1. The Hall–Kier alpha value is -2.60. The smallest absolute Gasteiger partial charge is 0.217 e. The molecule has 0 unspecified atom stereocenters. The molecule has 1 heterocycles. The topological polar surface area (TPSA) is 45.4 Å². The van der Waals surface area contributed by atoms with E-state index < -0.39 is 0 Å². The molecule has 0 aromatic heterocycles. The van der Waals surface area contributed by atoms with Crippen LogP contribution in [-0.4, -0.2) is 18.0 Å². The molecule has 21 heavy (non-hydrogen) atoms. The van der Waals surface area contributed by atoms with Gasteiger partial charge in [-0.15, -0.1) is 0 Å². The van der Waals surface area contributed by atoms with Crippen LogP contribution in [0.4, 0.5) is 0 Å². The zero-order chi connectivity index (χ0) is 14.9. The van der Waals surface area contributed by atoms with Crippen LogP contribution < -0.4 is 0 Å². The van der Waals surface area contributed by atoms with Gasteiger partial charge in [-0.05, 0) is 31.5 Å². The molecule has 0 bridgehead atoms. The van der Waals surface area contributed by atoms with Crippen molar-refractivity contribution in [2.24, 2.45) is 4.99 Å². The number of hydrogen-bond acceptors (Lipinski definition) is 3. The minimum Gasteiger partial charge on any atom is -0.475 e. The summed E-state index contributed by atoms with van der Waals surface area (Å²) in [6.07, 6.45) is 0. The standard InChI is InChI=1S/C18H16N2O/c1-18(2)12-21-17(20-18)16-10-6-5-9-15(16)14-8-4-3-7-13(14)11-19/h3-10H,12H2,1-2H3. The van der Waals surface area contributed by atoms with Gasteiger partial charge >= 0.3 is 0 Å². The van der Waals surface area contributed by atoms with Crippen LogP contribution in [0.1, 0.15) is 25.0 Å². The van der Waals surface area contributed by atoms with E-state index in [9.17, 15) is 5.26 Å².